The Kier molecular flexibility index (Phi) is 6.79. The third-order valence-electron chi connectivity index (χ3n) is 6.33. The zero-order valence-corrected chi connectivity index (χ0v) is 20.4. The molecule has 1 amide bonds. The minimum atomic E-state index is -0.674. The predicted octanol–water partition coefficient (Wildman–Crippen LogP) is 0.392. The maximum Gasteiger partial charge on any atom is 0.331 e. The highest BCUT2D eigenvalue weighted by Gasteiger charge is 2.27. The van der Waals surface area contributed by atoms with Crippen molar-refractivity contribution in [3.63, 3.8) is 0 Å². The van der Waals surface area contributed by atoms with E-state index >= 15 is 0 Å². The lowest BCUT2D eigenvalue weighted by Crippen LogP contribution is -2.40. The van der Waals surface area contributed by atoms with E-state index in [9.17, 15) is 14.4 Å². The molecule has 1 saturated heterocycles. The topological polar surface area (TPSA) is 146 Å². The van der Waals surface area contributed by atoms with Crippen molar-refractivity contribution in [2.24, 2.45) is 12.8 Å². The first-order valence-electron chi connectivity index (χ1n) is 11.7. The van der Waals surface area contributed by atoms with Crippen LogP contribution in [0.4, 0.5) is 11.5 Å². The number of aryl methyl sites for hydroxylation is 1. The Balaban J connectivity index is 2.00. The highest BCUT2D eigenvalue weighted by atomic mass is 16.2. The first kappa shape index (κ1) is 24.3. The van der Waals surface area contributed by atoms with Gasteiger partial charge in [-0.1, -0.05) is 11.6 Å². The highest BCUT2D eigenvalue weighted by molar-refractivity contribution is 5.97. The first-order valence-corrected chi connectivity index (χ1v) is 11.7. The SMILES string of the molecule is CC(C)=CCn1c(N2CCCNCC2)c(N)c2c1c(=O)n(Cc1ncccc1C(N)=O)c(=O)n2C. The number of carbonyl (C=O) groups excluding carboxylic acids is 1. The number of nitrogen functional groups attached to an aromatic ring is 1. The van der Waals surface area contributed by atoms with E-state index in [1.807, 2.05) is 24.5 Å². The molecule has 1 aliphatic rings. The van der Waals surface area contributed by atoms with Crippen LogP contribution in [0.2, 0.25) is 0 Å². The summed E-state index contributed by atoms with van der Waals surface area (Å²) in [5.74, 6) is 0.0639. The smallest absolute Gasteiger partial charge is 0.331 e. The molecule has 0 atom stereocenters. The van der Waals surface area contributed by atoms with Gasteiger partial charge in [-0.25, -0.2) is 4.79 Å². The van der Waals surface area contributed by atoms with Gasteiger partial charge in [0.15, 0.2) is 0 Å². The molecule has 11 heteroatoms. The summed E-state index contributed by atoms with van der Waals surface area (Å²) >= 11 is 0. The van der Waals surface area contributed by atoms with Gasteiger partial charge in [-0.3, -0.25) is 23.7 Å². The molecular weight excluding hydrogens is 448 g/mol. The van der Waals surface area contributed by atoms with Gasteiger partial charge < -0.3 is 26.3 Å². The van der Waals surface area contributed by atoms with Crippen molar-refractivity contribution < 1.29 is 4.79 Å². The van der Waals surface area contributed by atoms with Crippen LogP contribution in [-0.2, 0) is 20.1 Å². The molecule has 0 saturated carbocycles. The molecule has 0 radical (unpaired) electrons. The molecular formula is C24H32N8O3. The molecule has 0 bridgehead atoms. The fourth-order valence-electron chi connectivity index (χ4n) is 4.59. The zero-order chi connectivity index (χ0) is 25.3. The first-order chi connectivity index (χ1) is 16.7. The maximum absolute atomic E-state index is 13.8. The van der Waals surface area contributed by atoms with Gasteiger partial charge >= 0.3 is 5.69 Å². The number of primary amides is 1. The molecule has 5 N–H and O–H groups in total. The van der Waals surface area contributed by atoms with E-state index in [0.29, 0.717) is 23.3 Å². The Morgan fingerprint density at radius 3 is 2.66 bits per heavy atom. The quantitative estimate of drug-likeness (QED) is 0.433. The number of nitrogens with zero attached hydrogens (tertiary/aromatic N) is 5. The number of pyridine rings is 1. The molecule has 3 aromatic heterocycles. The van der Waals surface area contributed by atoms with Crippen molar-refractivity contribution in [3.05, 3.63) is 62.1 Å². The summed E-state index contributed by atoms with van der Waals surface area (Å²) in [5.41, 5.74) is 13.8. The second-order valence-electron chi connectivity index (χ2n) is 9.01. The average Bonchev–Trinajstić information content (AvgIpc) is 2.96. The summed E-state index contributed by atoms with van der Waals surface area (Å²) in [7, 11) is 1.60. The number of nitrogens with one attached hydrogen (secondary N) is 1. The average molecular weight is 481 g/mol. The number of amides is 1. The number of carbonyl (C=O) groups is 1. The highest BCUT2D eigenvalue weighted by Crippen LogP contribution is 2.33. The van der Waals surface area contributed by atoms with Crippen molar-refractivity contribution in [1.82, 2.24) is 24.0 Å². The molecule has 0 spiro atoms. The molecule has 1 aliphatic heterocycles. The molecule has 35 heavy (non-hydrogen) atoms. The Morgan fingerprint density at radius 2 is 1.94 bits per heavy atom. The summed E-state index contributed by atoms with van der Waals surface area (Å²) in [5, 5.41) is 3.38. The van der Waals surface area contributed by atoms with Crippen LogP contribution >= 0.6 is 0 Å². The summed E-state index contributed by atoms with van der Waals surface area (Å²) < 4.78 is 4.38. The predicted molar refractivity (Wildman–Crippen MR) is 137 cm³/mol. The molecule has 1 fully saturated rings. The number of rotatable bonds is 6. The van der Waals surface area contributed by atoms with Crippen molar-refractivity contribution in [3.8, 4) is 0 Å². The number of hydrogen-bond acceptors (Lipinski definition) is 7. The Bertz CT molecular complexity index is 1420. The lowest BCUT2D eigenvalue weighted by Gasteiger charge is -2.24. The fourth-order valence-corrected chi connectivity index (χ4v) is 4.59. The maximum atomic E-state index is 13.8. The lowest BCUT2D eigenvalue weighted by molar-refractivity contribution is 0.0999. The minimum Gasteiger partial charge on any atom is -0.394 e. The van der Waals surface area contributed by atoms with E-state index in [-0.39, 0.29) is 17.8 Å². The third-order valence-corrected chi connectivity index (χ3v) is 6.33. The van der Waals surface area contributed by atoms with Crippen molar-refractivity contribution in [2.75, 3.05) is 36.8 Å². The standard InChI is InChI=1S/C24H32N8O3/c1-15(2)7-12-31-20-19(18(25)22(31)30-11-5-8-27-10-13-30)29(3)24(35)32(23(20)34)14-17-16(21(26)33)6-4-9-28-17/h4,6-7,9,27H,5,8,10-14,25H2,1-3H3,(H2,26,33). The number of aromatic nitrogens is 4. The van der Waals surface area contributed by atoms with Gasteiger partial charge in [-0.15, -0.1) is 0 Å². The largest absolute Gasteiger partial charge is 0.394 e. The van der Waals surface area contributed by atoms with Gasteiger partial charge in [-0.05, 0) is 38.9 Å². The molecule has 4 heterocycles. The lowest BCUT2D eigenvalue weighted by atomic mass is 10.2. The molecule has 186 valence electrons. The Morgan fingerprint density at radius 1 is 1.17 bits per heavy atom. The van der Waals surface area contributed by atoms with Crippen LogP contribution in [-0.4, -0.2) is 50.8 Å². The van der Waals surface area contributed by atoms with Crippen LogP contribution in [0, 0.1) is 0 Å². The van der Waals surface area contributed by atoms with Crippen LogP contribution in [0.5, 0.6) is 0 Å². The summed E-state index contributed by atoms with van der Waals surface area (Å²) in [6.07, 6.45) is 4.45. The van der Waals surface area contributed by atoms with Crippen LogP contribution in [0.1, 0.15) is 36.3 Å². The zero-order valence-electron chi connectivity index (χ0n) is 20.4. The van der Waals surface area contributed by atoms with E-state index in [1.165, 1.54) is 16.8 Å². The molecule has 3 aromatic rings. The normalized spacial score (nSPS) is 14.2. The van der Waals surface area contributed by atoms with E-state index in [4.69, 9.17) is 11.5 Å². The van der Waals surface area contributed by atoms with Gasteiger partial charge in [0.2, 0.25) is 0 Å². The number of nitrogens with two attached hydrogens (primary N) is 2. The minimum absolute atomic E-state index is 0.166. The fraction of sp³-hybridized carbons (Fsp3) is 0.417. The second kappa shape index (κ2) is 9.79. The molecule has 11 nitrogen and oxygen atoms in total. The number of hydrogen-bond donors (Lipinski definition) is 3. The van der Waals surface area contributed by atoms with Gasteiger partial charge in [0, 0.05) is 39.4 Å². The molecule has 0 aromatic carbocycles. The van der Waals surface area contributed by atoms with Crippen molar-refractivity contribution in [2.45, 2.75) is 33.4 Å². The second-order valence-corrected chi connectivity index (χ2v) is 9.01. The van der Waals surface area contributed by atoms with Crippen LogP contribution in [0.3, 0.4) is 0 Å². The molecule has 0 unspecified atom stereocenters. The van der Waals surface area contributed by atoms with E-state index in [0.717, 1.165) is 48.6 Å². The monoisotopic (exact) mass is 480 g/mol. The van der Waals surface area contributed by atoms with Gasteiger partial charge in [0.1, 0.15) is 16.9 Å². The number of fused-ring (bicyclic) bond motifs is 1. The third kappa shape index (κ3) is 4.46. The Labute approximate surface area is 202 Å². The summed E-state index contributed by atoms with van der Waals surface area (Å²) in [4.78, 5) is 45.5. The van der Waals surface area contributed by atoms with Crippen molar-refractivity contribution in [1.29, 1.82) is 0 Å². The number of allylic oxidation sites excluding steroid dienone is 2. The summed E-state index contributed by atoms with van der Waals surface area (Å²) in [6.45, 7) is 7.44. The molecule has 0 aliphatic carbocycles. The van der Waals surface area contributed by atoms with Gasteiger partial charge in [0.05, 0.1) is 23.5 Å². The van der Waals surface area contributed by atoms with Crippen molar-refractivity contribution >= 4 is 28.4 Å². The van der Waals surface area contributed by atoms with Crippen LogP contribution in [0.25, 0.3) is 11.0 Å². The van der Waals surface area contributed by atoms with E-state index < -0.39 is 17.2 Å². The van der Waals surface area contributed by atoms with Gasteiger partial charge in [0.25, 0.3) is 11.5 Å². The summed E-state index contributed by atoms with van der Waals surface area (Å²) in [6, 6.07) is 3.11. The van der Waals surface area contributed by atoms with Crippen LogP contribution in [0.15, 0.2) is 39.6 Å². The Hall–Kier alpha value is -3.86. The van der Waals surface area contributed by atoms with E-state index in [1.54, 1.807) is 13.1 Å². The van der Waals surface area contributed by atoms with Crippen LogP contribution < -0.4 is 32.9 Å². The molecule has 4 rings (SSSR count). The van der Waals surface area contributed by atoms with Gasteiger partial charge in [-0.2, -0.15) is 0 Å². The number of anilines is 2. The van der Waals surface area contributed by atoms with E-state index in [2.05, 4.69) is 15.2 Å².